The van der Waals surface area contributed by atoms with E-state index in [0.717, 1.165) is 12.8 Å². The van der Waals surface area contributed by atoms with Gasteiger partial charge in [0, 0.05) is 0 Å². The second kappa shape index (κ2) is 8.10. The molecule has 1 aromatic heterocycles. The van der Waals surface area contributed by atoms with E-state index >= 15 is 0 Å². The predicted molar refractivity (Wildman–Crippen MR) is 99.0 cm³/mol. The average molecular weight is 346 g/mol. The lowest BCUT2D eigenvalue weighted by atomic mass is 10.1. The maximum absolute atomic E-state index is 12.2. The van der Waals surface area contributed by atoms with Crippen molar-refractivity contribution < 1.29 is 18.6 Å². The lowest BCUT2D eigenvalue weighted by molar-refractivity contribution is 0.132. The van der Waals surface area contributed by atoms with Crippen molar-refractivity contribution in [1.82, 2.24) is 0 Å². The molecule has 0 aliphatic rings. The Kier molecular flexibility index (Phi) is 6.12. The van der Waals surface area contributed by atoms with Crippen molar-refractivity contribution in [2.45, 2.75) is 46.1 Å². The Hall–Kier alpha value is -2.43. The van der Waals surface area contributed by atoms with Gasteiger partial charge in [0.15, 0.2) is 5.75 Å². The summed E-state index contributed by atoms with van der Waals surface area (Å²) in [7, 11) is 1.43. The summed E-state index contributed by atoms with van der Waals surface area (Å²) in [5, 5.41) is 0.605. The minimum Gasteiger partial charge on any atom is -0.488 e. The van der Waals surface area contributed by atoms with Crippen molar-refractivity contribution in [1.29, 1.82) is 0 Å². The smallest absolute Gasteiger partial charge is 0.383 e. The summed E-state index contributed by atoms with van der Waals surface area (Å²) < 4.78 is 22.5. The first-order valence-corrected chi connectivity index (χ1v) is 8.48. The first kappa shape index (κ1) is 18.9. The van der Waals surface area contributed by atoms with Gasteiger partial charge in [0.05, 0.1) is 13.7 Å². The molecule has 0 fully saturated rings. The molecule has 1 heterocycles. The minimum atomic E-state index is -0.568. The Morgan fingerprint density at radius 2 is 1.92 bits per heavy atom. The van der Waals surface area contributed by atoms with E-state index in [4.69, 9.17) is 18.6 Å². The predicted octanol–water partition coefficient (Wildman–Crippen LogP) is 4.71. The van der Waals surface area contributed by atoms with Gasteiger partial charge < -0.3 is 18.6 Å². The van der Waals surface area contributed by atoms with Crippen LogP contribution in [0.1, 0.15) is 40.5 Å². The number of methoxy groups -OCH3 is 1. The first-order valence-electron chi connectivity index (χ1n) is 8.48. The average Bonchev–Trinajstić information content (AvgIpc) is 2.53. The van der Waals surface area contributed by atoms with Crippen LogP contribution in [-0.2, 0) is 0 Å². The van der Waals surface area contributed by atoms with Crippen LogP contribution in [0.3, 0.4) is 0 Å². The number of ether oxygens (including phenoxy) is 3. The Labute approximate surface area is 148 Å². The molecule has 25 heavy (non-hydrogen) atoms. The molecule has 0 saturated heterocycles. The molecule has 0 atom stereocenters. The number of fused-ring (bicyclic) bond motifs is 1. The van der Waals surface area contributed by atoms with Gasteiger partial charge in [0.25, 0.3) is 0 Å². The third-order valence-electron chi connectivity index (χ3n) is 3.36. The van der Waals surface area contributed by atoms with E-state index in [0.29, 0.717) is 29.1 Å². The van der Waals surface area contributed by atoms with E-state index in [9.17, 15) is 4.79 Å². The van der Waals surface area contributed by atoms with E-state index in [1.54, 1.807) is 12.1 Å². The number of hydrogen-bond acceptors (Lipinski definition) is 5. The number of hydrogen-bond donors (Lipinski definition) is 0. The Bertz CT molecular complexity index is 796. The van der Waals surface area contributed by atoms with Gasteiger partial charge in [-0.15, -0.1) is 0 Å². The van der Waals surface area contributed by atoms with E-state index in [1.807, 2.05) is 32.9 Å². The highest BCUT2D eigenvalue weighted by atomic mass is 16.5. The quantitative estimate of drug-likeness (QED) is 0.413. The standard InChI is InChI=1S/C20H26O5/c1-6-7-8-9-13-23-17-16-14(24-19(21)18(17)22-5)11-10-12-15(16)25-20(2,3)4/h7-8,10-12H,6,9,13H2,1-5H3. The van der Waals surface area contributed by atoms with E-state index in [1.165, 1.54) is 7.11 Å². The second-order valence-electron chi connectivity index (χ2n) is 6.61. The van der Waals surface area contributed by atoms with Crippen LogP contribution in [0.4, 0.5) is 0 Å². The zero-order chi connectivity index (χ0) is 18.4. The fourth-order valence-electron chi connectivity index (χ4n) is 2.41. The molecule has 2 aromatic rings. The van der Waals surface area contributed by atoms with Crippen LogP contribution in [-0.4, -0.2) is 19.3 Å². The van der Waals surface area contributed by atoms with Crippen LogP contribution < -0.4 is 19.8 Å². The summed E-state index contributed by atoms with van der Waals surface area (Å²) in [6.45, 7) is 8.37. The first-order chi connectivity index (χ1) is 11.9. The molecule has 1 aromatic carbocycles. The monoisotopic (exact) mass is 346 g/mol. The van der Waals surface area contributed by atoms with E-state index < -0.39 is 11.2 Å². The third kappa shape index (κ3) is 4.78. The summed E-state index contributed by atoms with van der Waals surface area (Å²) in [4.78, 5) is 12.2. The van der Waals surface area contributed by atoms with E-state index in [-0.39, 0.29) is 5.75 Å². The summed E-state index contributed by atoms with van der Waals surface area (Å²) >= 11 is 0. The lowest BCUT2D eigenvalue weighted by Gasteiger charge is -2.23. The van der Waals surface area contributed by atoms with Crippen LogP contribution >= 0.6 is 0 Å². The highest BCUT2D eigenvalue weighted by Crippen LogP contribution is 2.39. The van der Waals surface area contributed by atoms with Crippen molar-refractivity contribution in [2.75, 3.05) is 13.7 Å². The highest BCUT2D eigenvalue weighted by Gasteiger charge is 2.22. The van der Waals surface area contributed by atoms with Gasteiger partial charge in [0.2, 0.25) is 5.75 Å². The topological polar surface area (TPSA) is 57.9 Å². The van der Waals surface area contributed by atoms with Gasteiger partial charge in [-0.1, -0.05) is 25.1 Å². The van der Waals surface area contributed by atoms with Crippen molar-refractivity contribution >= 4 is 11.0 Å². The van der Waals surface area contributed by atoms with Crippen LogP contribution in [0, 0.1) is 0 Å². The summed E-state index contributed by atoms with van der Waals surface area (Å²) in [6, 6.07) is 5.33. The van der Waals surface area contributed by atoms with Gasteiger partial charge in [-0.05, 0) is 45.7 Å². The van der Waals surface area contributed by atoms with E-state index in [2.05, 4.69) is 13.0 Å². The summed E-state index contributed by atoms with van der Waals surface area (Å²) in [5.41, 5.74) is -0.563. The van der Waals surface area contributed by atoms with Crippen molar-refractivity contribution in [3.8, 4) is 17.2 Å². The third-order valence-corrected chi connectivity index (χ3v) is 3.36. The molecule has 0 bridgehead atoms. The van der Waals surface area contributed by atoms with Gasteiger partial charge in [0.1, 0.15) is 22.3 Å². The maximum atomic E-state index is 12.2. The van der Waals surface area contributed by atoms with Crippen molar-refractivity contribution in [2.24, 2.45) is 0 Å². The van der Waals surface area contributed by atoms with Gasteiger partial charge in [-0.25, -0.2) is 4.79 Å². The van der Waals surface area contributed by atoms with Crippen molar-refractivity contribution in [3.63, 3.8) is 0 Å². The second-order valence-corrected chi connectivity index (χ2v) is 6.61. The largest absolute Gasteiger partial charge is 0.488 e. The molecule has 2 rings (SSSR count). The fraction of sp³-hybridized carbons (Fsp3) is 0.450. The molecule has 0 radical (unpaired) electrons. The molecule has 5 heteroatoms. The lowest BCUT2D eigenvalue weighted by Crippen LogP contribution is -2.23. The van der Waals surface area contributed by atoms with Crippen LogP contribution in [0.2, 0.25) is 0 Å². The number of rotatable bonds is 7. The van der Waals surface area contributed by atoms with Gasteiger partial charge in [-0.2, -0.15) is 0 Å². The minimum absolute atomic E-state index is 0.0527. The summed E-state index contributed by atoms with van der Waals surface area (Å²) in [5.74, 6) is 1.00. The van der Waals surface area contributed by atoms with Crippen LogP contribution in [0.25, 0.3) is 11.0 Å². The molecular weight excluding hydrogens is 320 g/mol. The highest BCUT2D eigenvalue weighted by molar-refractivity contribution is 5.91. The van der Waals surface area contributed by atoms with Gasteiger partial charge in [-0.3, -0.25) is 0 Å². The van der Waals surface area contributed by atoms with Crippen LogP contribution in [0.5, 0.6) is 17.2 Å². The number of allylic oxidation sites excluding steroid dienone is 1. The van der Waals surface area contributed by atoms with Gasteiger partial charge >= 0.3 is 5.63 Å². The molecule has 0 amide bonds. The van der Waals surface area contributed by atoms with Crippen molar-refractivity contribution in [3.05, 3.63) is 40.8 Å². The fourth-order valence-corrected chi connectivity index (χ4v) is 2.41. The molecule has 0 unspecified atom stereocenters. The molecule has 0 N–H and O–H groups in total. The Morgan fingerprint density at radius 1 is 1.16 bits per heavy atom. The zero-order valence-electron chi connectivity index (χ0n) is 15.5. The molecule has 0 aliphatic heterocycles. The SMILES string of the molecule is CCC=CCCOc1c(OC)c(=O)oc2cccc(OC(C)(C)C)c12. The Balaban J connectivity index is 2.53. The number of benzene rings is 1. The zero-order valence-corrected chi connectivity index (χ0v) is 15.5. The van der Waals surface area contributed by atoms with Crippen LogP contribution in [0.15, 0.2) is 39.6 Å². The molecule has 0 aliphatic carbocycles. The summed E-state index contributed by atoms with van der Waals surface area (Å²) in [6.07, 6.45) is 5.84. The molecular formula is C20H26O5. The molecule has 0 saturated carbocycles. The molecule has 5 nitrogen and oxygen atoms in total. The molecule has 136 valence electrons. The normalized spacial score (nSPS) is 11.9. The maximum Gasteiger partial charge on any atom is 0.383 e. The molecule has 0 spiro atoms. The Morgan fingerprint density at radius 3 is 2.56 bits per heavy atom.